The van der Waals surface area contributed by atoms with Crippen LogP contribution in [0.15, 0.2) is 73.3 Å². The number of aryl methyl sites for hydroxylation is 1. The van der Waals surface area contributed by atoms with Crippen molar-refractivity contribution in [3.63, 3.8) is 0 Å². The molecule has 23 heavy (non-hydrogen) atoms. The minimum atomic E-state index is -0.119. The zero-order chi connectivity index (χ0) is 16.5. The molecule has 0 aromatic heterocycles. The third-order valence-electron chi connectivity index (χ3n) is 4.00. The van der Waals surface area contributed by atoms with Gasteiger partial charge >= 0.3 is 0 Å². The first kappa shape index (κ1) is 17.0. The minimum Gasteiger partial charge on any atom is -0.287 e. The Labute approximate surface area is 138 Å². The maximum Gasteiger partial charge on any atom is 0.265 e. The Morgan fingerprint density at radius 3 is 2.30 bits per heavy atom. The summed E-state index contributed by atoms with van der Waals surface area (Å²) >= 11 is 0. The minimum absolute atomic E-state index is 0.119. The predicted octanol–water partition coefficient (Wildman–Crippen LogP) is 3.74. The monoisotopic (exact) mass is 308 g/mol. The second-order valence-electron chi connectivity index (χ2n) is 5.69. The molecule has 2 aromatic carbocycles. The molecule has 0 saturated heterocycles. The highest BCUT2D eigenvalue weighted by Gasteiger charge is 2.15. The lowest BCUT2D eigenvalue weighted by molar-refractivity contribution is 0.0919. The normalized spacial score (nSPS) is 13.1. The SMILES string of the molecule is C=C[C@@H](C)[C@@H](CCc1ccccc1)NNC(=O)c1ccccc1. The molecule has 0 fully saturated rings. The number of benzene rings is 2. The Kier molecular flexibility index (Phi) is 6.57. The van der Waals surface area contributed by atoms with Crippen LogP contribution < -0.4 is 10.9 Å². The highest BCUT2D eigenvalue weighted by atomic mass is 16.2. The fraction of sp³-hybridized carbons (Fsp3) is 0.250. The van der Waals surface area contributed by atoms with Crippen LogP contribution in [0.2, 0.25) is 0 Å². The van der Waals surface area contributed by atoms with Crippen molar-refractivity contribution in [1.29, 1.82) is 0 Å². The van der Waals surface area contributed by atoms with Crippen molar-refractivity contribution in [3.8, 4) is 0 Å². The molecule has 120 valence electrons. The van der Waals surface area contributed by atoms with Gasteiger partial charge in [0, 0.05) is 11.6 Å². The number of hydrogen-bond acceptors (Lipinski definition) is 2. The van der Waals surface area contributed by atoms with E-state index in [1.165, 1.54) is 5.56 Å². The molecular weight excluding hydrogens is 284 g/mol. The molecule has 0 radical (unpaired) electrons. The van der Waals surface area contributed by atoms with Crippen LogP contribution in [0.3, 0.4) is 0 Å². The van der Waals surface area contributed by atoms with E-state index < -0.39 is 0 Å². The molecule has 3 nitrogen and oxygen atoms in total. The van der Waals surface area contributed by atoms with E-state index in [4.69, 9.17) is 0 Å². The standard InChI is InChI=1S/C20H24N2O/c1-3-16(2)19(15-14-17-10-6-4-7-11-17)21-22-20(23)18-12-8-5-9-13-18/h3-13,16,19,21H,1,14-15H2,2H3,(H,22,23)/t16-,19-/m1/s1. The molecule has 2 atom stereocenters. The molecule has 0 aliphatic heterocycles. The first-order valence-electron chi connectivity index (χ1n) is 7.98. The predicted molar refractivity (Wildman–Crippen MR) is 95.0 cm³/mol. The van der Waals surface area contributed by atoms with Gasteiger partial charge in [-0.05, 0) is 36.5 Å². The van der Waals surface area contributed by atoms with E-state index in [1.807, 2.05) is 42.5 Å². The summed E-state index contributed by atoms with van der Waals surface area (Å²) in [5.41, 5.74) is 7.92. The van der Waals surface area contributed by atoms with Gasteiger partial charge < -0.3 is 0 Å². The molecule has 2 rings (SSSR count). The van der Waals surface area contributed by atoms with E-state index in [1.54, 1.807) is 12.1 Å². The van der Waals surface area contributed by atoms with E-state index in [9.17, 15) is 4.79 Å². The summed E-state index contributed by atoms with van der Waals surface area (Å²) in [6.07, 6.45) is 3.79. The summed E-state index contributed by atoms with van der Waals surface area (Å²) in [7, 11) is 0. The van der Waals surface area contributed by atoms with Gasteiger partial charge in [-0.1, -0.05) is 61.5 Å². The lowest BCUT2D eigenvalue weighted by Gasteiger charge is -2.23. The van der Waals surface area contributed by atoms with Gasteiger partial charge in [0.25, 0.3) is 5.91 Å². The van der Waals surface area contributed by atoms with Crippen LogP contribution >= 0.6 is 0 Å². The number of amides is 1. The van der Waals surface area contributed by atoms with Gasteiger partial charge in [0.15, 0.2) is 0 Å². The number of nitrogens with one attached hydrogen (secondary N) is 2. The highest BCUT2D eigenvalue weighted by Crippen LogP contribution is 2.12. The largest absolute Gasteiger partial charge is 0.287 e. The lowest BCUT2D eigenvalue weighted by atomic mass is 9.96. The van der Waals surface area contributed by atoms with Crippen molar-refractivity contribution in [3.05, 3.63) is 84.4 Å². The van der Waals surface area contributed by atoms with Crippen molar-refractivity contribution in [2.24, 2.45) is 5.92 Å². The van der Waals surface area contributed by atoms with Crippen LogP contribution in [0.1, 0.15) is 29.3 Å². The molecule has 1 amide bonds. The van der Waals surface area contributed by atoms with Crippen molar-refractivity contribution >= 4 is 5.91 Å². The van der Waals surface area contributed by atoms with Crippen LogP contribution in [-0.4, -0.2) is 11.9 Å². The molecule has 0 heterocycles. The van der Waals surface area contributed by atoms with E-state index in [0.29, 0.717) is 5.56 Å². The van der Waals surface area contributed by atoms with Crippen molar-refractivity contribution < 1.29 is 4.79 Å². The zero-order valence-corrected chi connectivity index (χ0v) is 13.5. The highest BCUT2D eigenvalue weighted by molar-refractivity contribution is 5.93. The molecule has 0 unspecified atom stereocenters. The molecule has 0 saturated carbocycles. The number of hydrazine groups is 1. The Morgan fingerprint density at radius 1 is 1.09 bits per heavy atom. The third-order valence-corrected chi connectivity index (χ3v) is 4.00. The second kappa shape index (κ2) is 8.91. The first-order valence-corrected chi connectivity index (χ1v) is 7.98. The van der Waals surface area contributed by atoms with Crippen LogP contribution in [0.5, 0.6) is 0 Å². The Bertz CT molecular complexity index is 610. The first-order chi connectivity index (χ1) is 11.2. The van der Waals surface area contributed by atoms with Crippen LogP contribution in [0.4, 0.5) is 0 Å². The average Bonchev–Trinajstić information content (AvgIpc) is 2.62. The maximum absolute atomic E-state index is 12.1. The smallest absolute Gasteiger partial charge is 0.265 e. The summed E-state index contributed by atoms with van der Waals surface area (Å²) in [6.45, 7) is 5.97. The summed E-state index contributed by atoms with van der Waals surface area (Å²) in [5, 5.41) is 0. The van der Waals surface area contributed by atoms with Crippen LogP contribution in [0, 0.1) is 5.92 Å². The van der Waals surface area contributed by atoms with Gasteiger partial charge in [-0.3, -0.25) is 10.2 Å². The van der Waals surface area contributed by atoms with Gasteiger partial charge in [-0.15, -0.1) is 6.58 Å². The maximum atomic E-state index is 12.1. The Morgan fingerprint density at radius 2 is 1.70 bits per heavy atom. The summed E-state index contributed by atoms with van der Waals surface area (Å²) in [5.74, 6) is 0.140. The van der Waals surface area contributed by atoms with E-state index >= 15 is 0 Å². The number of hydrogen-bond donors (Lipinski definition) is 2. The molecule has 0 aliphatic carbocycles. The average molecular weight is 308 g/mol. The van der Waals surface area contributed by atoms with Crippen molar-refractivity contribution in [1.82, 2.24) is 10.9 Å². The van der Waals surface area contributed by atoms with Crippen LogP contribution in [0.25, 0.3) is 0 Å². The molecular formula is C20H24N2O. The number of carbonyl (C=O) groups is 1. The third kappa shape index (κ3) is 5.38. The molecule has 2 aromatic rings. The van der Waals surface area contributed by atoms with Gasteiger partial charge in [0.2, 0.25) is 0 Å². The summed E-state index contributed by atoms with van der Waals surface area (Å²) in [6, 6.07) is 19.7. The fourth-order valence-electron chi connectivity index (χ4n) is 2.42. The van der Waals surface area contributed by atoms with E-state index in [2.05, 4.69) is 36.5 Å². The lowest BCUT2D eigenvalue weighted by Crippen LogP contribution is -2.47. The quantitative estimate of drug-likeness (QED) is 0.576. The Balaban J connectivity index is 1.91. The molecule has 2 N–H and O–H groups in total. The van der Waals surface area contributed by atoms with Crippen molar-refractivity contribution in [2.75, 3.05) is 0 Å². The molecule has 3 heteroatoms. The number of rotatable bonds is 8. The topological polar surface area (TPSA) is 41.1 Å². The molecule has 0 bridgehead atoms. The number of carbonyl (C=O) groups excluding carboxylic acids is 1. The van der Waals surface area contributed by atoms with Gasteiger partial charge in [0.1, 0.15) is 0 Å². The van der Waals surface area contributed by atoms with E-state index in [0.717, 1.165) is 12.8 Å². The van der Waals surface area contributed by atoms with Gasteiger partial charge in [0.05, 0.1) is 0 Å². The second-order valence-corrected chi connectivity index (χ2v) is 5.69. The van der Waals surface area contributed by atoms with Crippen molar-refractivity contribution in [2.45, 2.75) is 25.8 Å². The van der Waals surface area contributed by atoms with Crippen LogP contribution in [-0.2, 0) is 6.42 Å². The Hall–Kier alpha value is -2.39. The summed E-state index contributed by atoms with van der Waals surface area (Å²) < 4.78 is 0. The summed E-state index contributed by atoms with van der Waals surface area (Å²) in [4.78, 5) is 12.1. The molecule has 0 aliphatic rings. The van der Waals surface area contributed by atoms with E-state index in [-0.39, 0.29) is 17.9 Å². The van der Waals surface area contributed by atoms with Gasteiger partial charge in [-0.2, -0.15) is 0 Å². The fourth-order valence-corrected chi connectivity index (χ4v) is 2.42. The molecule has 0 spiro atoms. The van der Waals surface area contributed by atoms with Gasteiger partial charge in [-0.25, -0.2) is 5.43 Å². The zero-order valence-electron chi connectivity index (χ0n) is 13.5.